The Hall–Kier alpha value is -2.76. The van der Waals surface area contributed by atoms with Crippen molar-refractivity contribution in [1.82, 2.24) is 0 Å². The normalized spacial score (nSPS) is 11.8. The summed E-state index contributed by atoms with van der Waals surface area (Å²) in [6, 6.07) is 8.45. The zero-order chi connectivity index (χ0) is 17.0. The van der Waals surface area contributed by atoms with E-state index < -0.39 is 17.7 Å². The van der Waals surface area contributed by atoms with Gasteiger partial charge < -0.3 is 19.7 Å². The molecule has 23 heavy (non-hydrogen) atoms. The van der Waals surface area contributed by atoms with Gasteiger partial charge in [0.25, 0.3) is 0 Å². The molecule has 0 aliphatic carbocycles. The van der Waals surface area contributed by atoms with Gasteiger partial charge in [-0.05, 0) is 41.8 Å². The third kappa shape index (κ3) is 3.71. The molecule has 0 aromatic heterocycles. The van der Waals surface area contributed by atoms with E-state index in [1.54, 1.807) is 12.1 Å². The molecule has 0 aliphatic heterocycles. The van der Waals surface area contributed by atoms with Gasteiger partial charge in [-0.3, -0.25) is 4.79 Å². The van der Waals surface area contributed by atoms with E-state index in [-0.39, 0.29) is 23.7 Å². The lowest BCUT2D eigenvalue weighted by molar-refractivity contribution is -0.138. The molecule has 2 N–H and O–H groups in total. The first-order valence-electron chi connectivity index (χ1n) is 6.88. The van der Waals surface area contributed by atoms with Gasteiger partial charge in [-0.1, -0.05) is 12.1 Å². The van der Waals surface area contributed by atoms with Crippen molar-refractivity contribution in [2.45, 2.75) is 12.3 Å². The highest BCUT2D eigenvalue weighted by Gasteiger charge is 2.22. The standard InChI is InChI=1S/C17H17FO5/c1-22-14-8-10(9-15(23-2)16(14)19)7-13(17(20)21)11-3-5-12(18)6-4-11/h3-6,8-9,13,19H,7H2,1-2H3,(H,20,21). The number of phenolic OH excluding ortho intramolecular Hbond substituents is 1. The molecule has 0 fully saturated rings. The van der Waals surface area contributed by atoms with E-state index in [4.69, 9.17) is 9.47 Å². The smallest absolute Gasteiger partial charge is 0.311 e. The van der Waals surface area contributed by atoms with E-state index in [0.29, 0.717) is 11.1 Å². The molecule has 2 rings (SSSR count). The maximum atomic E-state index is 13.0. The van der Waals surface area contributed by atoms with Crippen LogP contribution in [0.5, 0.6) is 17.2 Å². The van der Waals surface area contributed by atoms with Crippen molar-refractivity contribution in [3.63, 3.8) is 0 Å². The van der Waals surface area contributed by atoms with Gasteiger partial charge in [0.15, 0.2) is 11.5 Å². The third-order valence-electron chi connectivity index (χ3n) is 3.55. The predicted octanol–water partition coefficient (Wildman–Crippen LogP) is 2.96. The second-order valence-corrected chi connectivity index (χ2v) is 5.00. The first-order valence-corrected chi connectivity index (χ1v) is 6.88. The summed E-state index contributed by atoms with van der Waals surface area (Å²) in [5.41, 5.74) is 1.11. The highest BCUT2D eigenvalue weighted by Crippen LogP contribution is 2.38. The lowest BCUT2D eigenvalue weighted by Gasteiger charge is -2.15. The van der Waals surface area contributed by atoms with Crippen LogP contribution < -0.4 is 9.47 Å². The molecular formula is C17H17FO5. The molecule has 122 valence electrons. The Morgan fingerprint density at radius 1 is 1.13 bits per heavy atom. The van der Waals surface area contributed by atoms with Crippen LogP contribution in [0.2, 0.25) is 0 Å². The molecule has 0 heterocycles. The van der Waals surface area contributed by atoms with Crippen LogP contribution in [0.15, 0.2) is 36.4 Å². The zero-order valence-electron chi connectivity index (χ0n) is 12.7. The van der Waals surface area contributed by atoms with Crippen LogP contribution in [0.3, 0.4) is 0 Å². The molecule has 0 bridgehead atoms. The first-order chi connectivity index (χ1) is 11.0. The molecule has 6 heteroatoms. The minimum Gasteiger partial charge on any atom is -0.502 e. The summed E-state index contributed by atoms with van der Waals surface area (Å²) in [5.74, 6) is -2.05. The Balaban J connectivity index is 2.37. The van der Waals surface area contributed by atoms with E-state index in [0.717, 1.165) is 0 Å². The SMILES string of the molecule is COc1cc(CC(C(=O)O)c2ccc(F)cc2)cc(OC)c1O. The quantitative estimate of drug-likeness (QED) is 0.856. The minimum atomic E-state index is -1.03. The van der Waals surface area contributed by atoms with Gasteiger partial charge in [-0.15, -0.1) is 0 Å². The van der Waals surface area contributed by atoms with Crippen molar-refractivity contribution < 1.29 is 28.9 Å². The molecule has 0 radical (unpaired) electrons. The monoisotopic (exact) mass is 320 g/mol. The second-order valence-electron chi connectivity index (χ2n) is 5.00. The summed E-state index contributed by atoms with van der Waals surface area (Å²) in [6.45, 7) is 0. The van der Waals surface area contributed by atoms with Crippen molar-refractivity contribution in [3.05, 3.63) is 53.3 Å². The number of aliphatic carboxylic acids is 1. The maximum absolute atomic E-state index is 13.0. The summed E-state index contributed by atoms with van der Waals surface area (Å²) in [4.78, 5) is 11.6. The number of ether oxygens (including phenoxy) is 2. The van der Waals surface area contributed by atoms with Crippen molar-refractivity contribution in [1.29, 1.82) is 0 Å². The van der Waals surface area contributed by atoms with Gasteiger partial charge in [0.05, 0.1) is 20.1 Å². The van der Waals surface area contributed by atoms with Crippen LogP contribution in [-0.4, -0.2) is 30.4 Å². The summed E-state index contributed by atoms with van der Waals surface area (Å²) < 4.78 is 23.1. The fraction of sp³-hybridized carbons (Fsp3) is 0.235. The molecule has 5 nitrogen and oxygen atoms in total. The van der Waals surface area contributed by atoms with Crippen LogP contribution in [0.1, 0.15) is 17.0 Å². The van der Waals surface area contributed by atoms with Crippen molar-refractivity contribution in [2.75, 3.05) is 14.2 Å². The third-order valence-corrected chi connectivity index (χ3v) is 3.55. The number of carboxylic acid groups (broad SMARTS) is 1. The number of halogens is 1. The van der Waals surface area contributed by atoms with Crippen molar-refractivity contribution in [2.24, 2.45) is 0 Å². The summed E-state index contributed by atoms with van der Waals surface area (Å²) >= 11 is 0. The molecular weight excluding hydrogens is 303 g/mol. The highest BCUT2D eigenvalue weighted by molar-refractivity contribution is 5.76. The molecule has 0 spiro atoms. The number of benzene rings is 2. The maximum Gasteiger partial charge on any atom is 0.311 e. The van der Waals surface area contributed by atoms with Crippen LogP contribution in [0, 0.1) is 5.82 Å². The van der Waals surface area contributed by atoms with Crippen LogP contribution in [-0.2, 0) is 11.2 Å². The van der Waals surface area contributed by atoms with Gasteiger partial charge in [0.2, 0.25) is 5.75 Å². The number of aromatic hydroxyl groups is 1. The Morgan fingerprint density at radius 3 is 2.09 bits per heavy atom. The lowest BCUT2D eigenvalue weighted by Crippen LogP contribution is -2.14. The van der Waals surface area contributed by atoms with Gasteiger partial charge in [-0.2, -0.15) is 0 Å². The van der Waals surface area contributed by atoms with E-state index in [2.05, 4.69) is 0 Å². The molecule has 2 aromatic rings. The minimum absolute atomic E-state index is 0.146. The fourth-order valence-electron chi connectivity index (χ4n) is 2.34. The van der Waals surface area contributed by atoms with Crippen LogP contribution >= 0.6 is 0 Å². The molecule has 0 aliphatic rings. The summed E-state index contributed by atoms with van der Waals surface area (Å²) in [6.07, 6.45) is 0.147. The van der Waals surface area contributed by atoms with E-state index >= 15 is 0 Å². The second kappa shape index (κ2) is 7.00. The molecule has 0 saturated heterocycles. The van der Waals surface area contributed by atoms with E-state index in [1.165, 1.54) is 38.5 Å². The highest BCUT2D eigenvalue weighted by atomic mass is 19.1. The number of phenols is 1. The Kier molecular flexibility index (Phi) is 5.05. The van der Waals surface area contributed by atoms with E-state index in [1.807, 2.05) is 0 Å². The number of methoxy groups -OCH3 is 2. The zero-order valence-corrected chi connectivity index (χ0v) is 12.7. The molecule has 1 atom stereocenters. The number of carbonyl (C=O) groups is 1. The molecule has 1 unspecified atom stereocenters. The molecule has 2 aromatic carbocycles. The largest absolute Gasteiger partial charge is 0.502 e. The van der Waals surface area contributed by atoms with Crippen molar-refractivity contribution >= 4 is 5.97 Å². The summed E-state index contributed by atoms with van der Waals surface area (Å²) in [7, 11) is 2.79. The lowest BCUT2D eigenvalue weighted by atomic mass is 9.92. The predicted molar refractivity (Wildman–Crippen MR) is 81.7 cm³/mol. The number of hydrogen-bond acceptors (Lipinski definition) is 4. The number of rotatable bonds is 6. The molecule has 0 amide bonds. The Labute approximate surface area is 132 Å². The Morgan fingerprint density at radius 2 is 1.65 bits per heavy atom. The number of carboxylic acids is 1. The van der Waals surface area contributed by atoms with Crippen molar-refractivity contribution in [3.8, 4) is 17.2 Å². The summed E-state index contributed by atoms with van der Waals surface area (Å²) in [5, 5.41) is 19.4. The van der Waals surface area contributed by atoms with Crippen LogP contribution in [0.25, 0.3) is 0 Å². The van der Waals surface area contributed by atoms with Crippen LogP contribution in [0.4, 0.5) is 4.39 Å². The Bertz CT molecular complexity index is 672. The van der Waals surface area contributed by atoms with Gasteiger partial charge in [-0.25, -0.2) is 4.39 Å². The number of hydrogen-bond donors (Lipinski definition) is 2. The average Bonchev–Trinajstić information content (AvgIpc) is 2.54. The molecule has 0 saturated carbocycles. The van der Waals surface area contributed by atoms with Gasteiger partial charge >= 0.3 is 5.97 Å². The first kappa shape index (κ1) is 16.6. The topological polar surface area (TPSA) is 76.0 Å². The van der Waals surface area contributed by atoms with E-state index in [9.17, 15) is 19.4 Å². The van der Waals surface area contributed by atoms with Gasteiger partial charge in [0.1, 0.15) is 5.82 Å². The average molecular weight is 320 g/mol. The van der Waals surface area contributed by atoms with Gasteiger partial charge in [0, 0.05) is 0 Å². The fourth-order valence-corrected chi connectivity index (χ4v) is 2.34.